The number of aliphatic carboxylic acids is 1. The van der Waals surface area contributed by atoms with Crippen LogP contribution in [0, 0.1) is 0 Å². The first-order valence-electron chi connectivity index (χ1n) is 4.83. The van der Waals surface area contributed by atoms with Gasteiger partial charge in [-0.05, 0) is 0 Å². The van der Waals surface area contributed by atoms with E-state index in [1.807, 2.05) is 0 Å². The number of hydrogen-bond donors (Lipinski definition) is 3. The van der Waals surface area contributed by atoms with E-state index >= 15 is 0 Å². The molecule has 0 aromatic carbocycles. The lowest BCUT2D eigenvalue weighted by atomic mass is 10.3. The number of carbonyl (C=O) groups is 2. The zero-order valence-electron chi connectivity index (χ0n) is 9.49. The van der Waals surface area contributed by atoms with Crippen LogP contribution in [0.25, 0.3) is 0 Å². The van der Waals surface area contributed by atoms with E-state index in [9.17, 15) is 9.59 Å². The maximum absolute atomic E-state index is 11.2. The minimum atomic E-state index is -1.10. The van der Waals surface area contributed by atoms with Crippen molar-refractivity contribution in [2.75, 3.05) is 40.5 Å². The molecule has 1 amide bonds. The number of amides is 1. The van der Waals surface area contributed by atoms with Gasteiger partial charge < -0.3 is 25.2 Å². The highest BCUT2D eigenvalue weighted by Crippen LogP contribution is 1.87. The van der Waals surface area contributed by atoms with Gasteiger partial charge in [-0.1, -0.05) is 0 Å². The van der Waals surface area contributed by atoms with E-state index in [1.165, 1.54) is 7.11 Å². The fourth-order valence-electron chi connectivity index (χ4n) is 0.917. The van der Waals surface area contributed by atoms with Gasteiger partial charge >= 0.3 is 5.97 Å². The zero-order valence-corrected chi connectivity index (χ0v) is 9.49. The van der Waals surface area contributed by atoms with Crippen LogP contribution in [-0.2, 0) is 19.1 Å². The van der Waals surface area contributed by atoms with Gasteiger partial charge in [0.05, 0.1) is 19.7 Å². The van der Waals surface area contributed by atoms with E-state index in [-0.39, 0.29) is 19.0 Å². The Balaban J connectivity index is 3.59. The molecule has 0 aromatic rings. The zero-order chi connectivity index (χ0) is 12.4. The molecule has 0 bridgehead atoms. The van der Waals surface area contributed by atoms with Gasteiger partial charge in [0, 0.05) is 20.8 Å². The van der Waals surface area contributed by atoms with E-state index in [0.717, 1.165) is 0 Å². The number of rotatable bonds is 9. The summed E-state index contributed by atoms with van der Waals surface area (Å²) in [6.45, 7) is 1.16. The van der Waals surface area contributed by atoms with Crippen molar-refractivity contribution in [1.82, 2.24) is 10.6 Å². The van der Waals surface area contributed by atoms with Gasteiger partial charge in [0.2, 0.25) is 5.91 Å². The summed E-state index contributed by atoms with van der Waals surface area (Å²) in [6.07, 6.45) is -1.01. The highest BCUT2D eigenvalue weighted by molar-refractivity contribution is 5.79. The Hall–Kier alpha value is -1.18. The van der Waals surface area contributed by atoms with E-state index in [0.29, 0.717) is 13.2 Å². The maximum Gasteiger partial charge on any atom is 0.334 e. The van der Waals surface area contributed by atoms with Crippen molar-refractivity contribution in [3.8, 4) is 0 Å². The predicted octanol–water partition coefficient (Wildman–Crippen LogP) is -1.56. The second kappa shape index (κ2) is 9.08. The first-order chi connectivity index (χ1) is 7.61. The Labute approximate surface area is 94.1 Å². The molecule has 94 valence electrons. The van der Waals surface area contributed by atoms with Gasteiger partial charge in [-0.3, -0.25) is 4.79 Å². The first-order valence-corrected chi connectivity index (χ1v) is 4.83. The normalized spacial score (nSPS) is 12.1. The molecule has 0 saturated heterocycles. The SMILES string of the molecule is COCCNCC(=O)NCC(OC)C(=O)O. The van der Waals surface area contributed by atoms with E-state index < -0.39 is 12.1 Å². The van der Waals surface area contributed by atoms with Crippen LogP contribution in [0.1, 0.15) is 0 Å². The van der Waals surface area contributed by atoms with Crippen LogP contribution in [-0.4, -0.2) is 63.5 Å². The molecular weight excluding hydrogens is 216 g/mol. The van der Waals surface area contributed by atoms with Crippen molar-refractivity contribution in [2.24, 2.45) is 0 Å². The van der Waals surface area contributed by atoms with E-state index in [1.54, 1.807) is 7.11 Å². The van der Waals surface area contributed by atoms with E-state index in [4.69, 9.17) is 9.84 Å². The Kier molecular flexibility index (Phi) is 8.41. The van der Waals surface area contributed by atoms with Crippen molar-refractivity contribution in [3.63, 3.8) is 0 Å². The number of carboxylic acids is 1. The molecule has 0 aliphatic rings. The summed E-state index contributed by atoms with van der Waals surface area (Å²) in [5, 5.41) is 13.9. The Morgan fingerprint density at radius 3 is 2.56 bits per heavy atom. The molecule has 0 aromatic heterocycles. The summed E-state index contributed by atoms with van der Waals surface area (Å²) in [6, 6.07) is 0. The van der Waals surface area contributed by atoms with Gasteiger partial charge in [0.15, 0.2) is 6.10 Å². The number of nitrogens with one attached hydrogen (secondary N) is 2. The van der Waals surface area contributed by atoms with Crippen molar-refractivity contribution >= 4 is 11.9 Å². The van der Waals surface area contributed by atoms with Crippen molar-refractivity contribution in [3.05, 3.63) is 0 Å². The average Bonchev–Trinajstić information content (AvgIpc) is 2.25. The van der Waals surface area contributed by atoms with Crippen molar-refractivity contribution < 1.29 is 24.2 Å². The summed E-state index contributed by atoms with van der Waals surface area (Å²) >= 11 is 0. The standard InChI is InChI=1S/C9H18N2O5/c1-15-4-3-10-6-8(12)11-5-7(16-2)9(13)14/h7,10H,3-6H2,1-2H3,(H,11,12)(H,13,14). The molecule has 1 unspecified atom stereocenters. The molecule has 0 aliphatic heterocycles. The van der Waals surface area contributed by atoms with Gasteiger partial charge in [-0.2, -0.15) is 0 Å². The molecule has 0 heterocycles. The van der Waals surface area contributed by atoms with Crippen LogP contribution in [0.15, 0.2) is 0 Å². The summed E-state index contributed by atoms with van der Waals surface area (Å²) < 4.78 is 9.43. The van der Waals surface area contributed by atoms with Crippen LogP contribution < -0.4 is 10.6 Å². The van der Waals surface area contributed by atoms with Gasteiger partial charge in [0.1, 0.15) is 0 Å². The number of ether oxygens (including phenoxy) is 2. The molecule has 0 radical (unpaired) electrons. The Morgan fingerprint density at radius 2 is 2.06 bits per heavy atom. The highest BCUT2D eigenvalue weighted by atomic mass is 16.5. The third-order valence-corrected chi connectivity index (χ3v) is 1.81. The first kappa shape index (κ1) is 14.8. The quantitative estimate of drug-likeness (QED) is 0.417. The molecular formula is C9H18N2O5. The van der Waals surface area contributed by atoms with Crippen LogP contribution in [0.5, 0.6) is 0 Å². The molecule has 3 N–H and O–H groups in total. The fourth-order valence-corrected chi connectivity index (χ4v) is 0.917. The molecule has 0 fully saturated rings. The van der Waals surface area contributed by atoms with Crippen molar-refractivity contribution in [2.45, 2.75) is 6.10 Å². The van der Waals surface area contributed by atoms with Crippen LogP contribution in [0.2, 0.25) is 0 Å². The fraction of sp³-hybridized carbons (Fsp3) is 0.778. The number of carboxylic acid groups (broad SMARTS) is 1. The Morgan fingerprint density at radius 1 is 1.38 bits per heavy atom. The lowest BCUT2D eigenvalue weighted by Gasteiger charge is -2.11. The molecule has 0 saturated carbocycles. The van der Waals surface area contributed by atoms with Crippen LogP contribution in [0.3, 0.4) is 0 Å². The summed E-state index contributed by atoms with van der Waals surface area (Å²) in [4.78, 5) is 21.7. The topological polar surface area (TPSA) is 96.9 Å². The largest absolute Gasteiger partial charge is 0.479 e. The summed E-state index contributed by atoms with van der Waals surface area (Å²) in [5.41, 5.74) is 0. The minimum Gasteiger partial charge on any atom is -0.479 e. The van der Waals surface area contributed by atoms with Gasteiger partial charge in [-0.15, -0.1) is 0 Å². The third-order valence-electron chi connectivity index (χ3n) is 1.81. The highest BCUT2D eigenvalue weighted by Gasteiger charge is 2.16. The van der Waals surface area contributed by atoms with Gasteiger partial charge in [-0.25, -0.2) is 4.79 Å². The monoisotopic (exact) mass is 234 g/mol. The lowest BCUT2D eigenvalue weighted by molar-refractivity contribution is -0.148. The number of hydrogen-bond acceptors (Lipinski definition) is 5. The van der Waals surface area contributed by atoms with E-state index in [2.05, 4.69) is 15.4 Å². The van der Waals surface area contributed by atoms with Gasteiger partial charge in [0.25, 0.3) is 0 Å². The third kappa shape index (κ3) is 7.16. The molecule has 0 spiro atoms. The lowest BCUT2D eigenvalue weighted by Crippen LogP contribution is -2.41. The Bertz CT molecular complexity index is 222. The average molecular weight is 234 g/mol. The molecule has 1 atom stereocenters. The molecule has 16 heavy (non-hydrogen) atoms. The predicted molar refractivity (Wildman–Crippen MR) is 56.2 cm³/mol. The summed E-state index contributed by atoms with van der Waals surface area (Å²) in [5.74, 6) is -1.38. The second-order valence-electron chi connectivity index (χ2n) is 3.04. The van der Waals surface area contributed by atoms with Crippen LogP contribution >= 0.6 is 0 Å². The molecule has 0 aliphatic carbocycles. The molecule has 7 heteroatoms. The summed E-state index contributed by atoms with van der Waals surface area (Å²) in [7, 11) is 2.85. The minimum absolute atomic E-state index is 0.0450. The van der Waals surface area contributed by atoms with Crippen LogP contribution in [0.4, 0.5) is 0 Å². The number of methoxy groups -OCH3 is 2. The second-order valence-corrected chi connectivity index (χ2v) is 3.04. The number of carbonyl (C=O) groups excluding carboxylic acids is 1. The molecule has 7 nitrogen and oxygen atoms in total. The smallest absolute Gasteiger partial charge is 0.334 e. The van der Waals surface area contributed by atoms with Crippen molar-refractivity contribution in [1.29, 1.82) is 0 Å². The maximum atomic E-state index is 11.2. The molecule has 0 rings (SSSR count).